The molecule has 2 amide bonds. The third kappa shape index (κ3) is 4.63. The Morgan fingerprint density at radius 3 is 2.63 bits per heavy atom. The van der Waals surface area contributed by atoms with E-state index in [0.717, 1.165) is 0 Å². The predicted molar refractivity (Wildman–Crippen MR) is 103 cm³/mol. The van der Waals surface area contributed by atoms with Crippen LogP contribution in [0.1, 0.15) is 17.3 Å². The number of thioether (sulfide) groups is 1. The molecule has 3 rings (SSSR count). The van der Waals surface area contributed by atoms with Gasteiger partial charge in [0.15, 0.2) is 0 Å². The maximum atomic E-state index is 12.4. The number of hydrogen-bond acceptors (Lipinski definition) is 6. The third-order valence-electron chi connectivity index (χ3n) is 3.58. The zero-order chi connectivity index (χ0) is 19.4. The van der Waals surface area contributed by atoms with Gasteiger partial charge in [-0.15, -0.1) is 5.10 Å². The molecular weight excluding hydrogens is 388 g/mol. The van der Waals surface area contributed by atoms with Gasteiger partial charge in [-0.05, 0) is 59.8 Å². The van der Waals surface area contributed by atoms with Crippen molar-refractivity contribution in [1.82, 2.24) is 20.2 Å². The van der Waals surface area contributed by atoms with Gasteiger partial charge < -0.3 is 11.1 Å². The van der Waals surface area contributed by atoms with Crippen molar-refractivity contribution in [2.24, 2.45) is 5.73 Å². The van der Waals surface area contributed by atoms with Crippen LogP contribution in [-0.4, -0.2) is 37.3 Å². The number of rotatable bonds is 6. The van der Waals surface area contributed by atoms with E-state index in [1.807, 2.05) is 6.07 Å². The Balaban J connectivity index is 1.69. The fraction of sp³-hybridized carbons (Fsp3) is 0.118. The van der Waals surface area contributed by atoms with Gasteiger partial charge in [0.05, 0.1) is 10.9 Å². The standard InChI is InChI=1S/C17H15ClN6O2S/c1-10(16(26)20-13-7-5-11(6-8-13)15(19)25)27-17-21-22-23-24(17)14-4-2-3-12(18)9-14/h2-10H,1H3,(H2,19,25)(H,20,26)/t10-/m1/s1. The van der Waals surface area contributed by atoms with Crippen molar-refractivity contribution in [3.05, 3.63) is 59.1 Å². The van der Waals surface area contributed by atoms with Gasteiger partial charge in [-0.3, -0.25) is 9.59 Å². The highest BCUT2D eigenvalue weighted by Crippen LogP contribution is 2.25. The van der Waals surface area contributed by atoms with Crippen molar-refractivity contribution in [1.29, 1.82) is 0 Å². The monoisotopic (exact) mass is 402 g/mol. The number of aromatic nitrogens is 4. The van der Waals surface area contributed by atoms with Crippen LogP contribution >= 0.6 is 23.4 Å². The summed E-state index contributed by atoms with van der Waals surface area (Å²) in [5.41, 5.74) is 6.83. The minimum absolute atomic E-state index is 0.229. The van der Waals surface area contributed by atoms with Crippen molar-refractivity contribution >= 4 is 40.9 Å². The largest absolute Gasteiger partial charge is 0.366 e. The topological polar surface area (TPSA) is 116 Å². The molecule has 27 heavy (non-hydrogen) atoms. The smallest absolute Gasteiger partial charge is 0.248 e. The van der Waals surface area contributed by atoms with Crippen LogP contribution in [0, 0.1) is 0 Å². The summed E-state index contributed by atoms with van der Waals surface area (Å²) in [6, 6.07) is 13.4. The minimum atomic E-state index is -0.523. The van der Waals surface area contributed by atoms with Crippen molar-refractivity contribution in [2.45, 2.75) is 17.3 Å². The lowest BCUT2D eigenvalue weighted by Gasteiger charge is -2.12. The lowest BCUT2D eigenvalue weighted by atomic mass is 10.2. The summed E-state index contributed by atoms with van der Waals surface area (Å²) in [5.74, 6) is -0.753. The number of primary amides is 1. The zero-order valence-electron chi connectivity index (χ0n) is 14.2. The maximum Gasteiger partial charge on any atom is 0.248 e. The van der Waals surface area contributed by atoms with Crippen molar-refractivity contribution in [3.63, 3.8) is 0 Å². The van der Waals surface area contributed by atoms with E-state index in [1.54, 1.807) is 49.4 Å². The highest BCUT2D eigenvalue weighted by atomic mass is 35.5. The van der Waals surface area contributed by atoms with Crippen LogP contribution in [0.4, 0.5) is 5.69 Å². The first-order chi connectivity index (χ1) is 12.9. The number of nitrogens with zero attached hydrogens (tertiary/aromatic N) is 4. The Bertz CT molecular complexity index is 976. The Morgan fingerprint density at radius 1 is 1.22 bits per heavy atom. The van der Waals surface area contributed by atoms with Crippen LogP contribution < -0.4 is 11.1 Å². The molecule has 0 unspecified atom stereocenters. The minimum Gasteiger partial charge on any atom is -0.366 e. The average molecular weight is 403 g/mol. The van der Waals surface area contributed by atoms with Crippen LogP contribution in [0.2, 0.25) is 5.02 Å². The first-order valence-electron chi connectivity index (χ1n) is 7.86. The van der Waals surface area contributed by atoms with Gasteiger partial charge in [-0.25, -0.2) is 0 Å². The molecule has 138 valence electrons. The summed E-state index contributed by atoms with van der Waals surface area (Å²) in [5, 5.41) is 14.9. The molecule has 3 aromatic rings. The normalized spacial score (nSPS) is 11.8. The summed E-state index contributed by atoms with van der Waals surface area (Å²) in [6.45, 7) is 1.74. The molecule has 1 heterocycles. The number of carbonyl (C=O) groups is 2. The second-order valence-corrected chi connectivity index (χ2v) is 7.29. The number of amides is 2. The van der Waals surface area contributed by atoms with E-state index in [2.05, 4.69) is 20.8 Å². The lowest BCUT2D eigenvalue weighted by Crippen LogP contribution is -2.23. The molecule has 1 atom stereocenters. The SMILES string of the molecule is C[C@@H](Sc1nnnn1-c1cccc(Cl)c1)C(=O)Nc1ccc(C(N)=O)cc1. The first kappa shape index (κ1) is 18.9. The number of carbonyl (C=O) groups excluding carboxylic acids is 2. The second kappa shape index (κ2) is 8.19. The summed E-state index contributed by atoms with van der Waals surface area (Å²) in [4.78, 5) is 23.5. The van der Waals surface area contributed by atoms with Gasteiger partial charge >= 0.3 is 0 Å². The summed E-state index contributed by atoms with van der Waals surface area (Å²) in [6.07, 6.45) is 0. The van der Waals surface area contributed by atoms with Crippen molar-refractivity contribution < 1.29 is 9.59 Å². The molecular formula is C17H15ClN6O2S. The molecule has 0 saturated carbocycles. The number of hydrogen-bond donors (Lipinski definition) is 2. The lowest BCUT2D eigenvalue weighted by molar-refractivity contribution is -0.115. The molecule has 0 aliphatic rings. The number of nitrogens with one attached hydrogen (secondary N) is 1. The van der Waals surface area contributed by atoms with E-state index in [1.165, 1.54) is 16.4 Å². The maximum absolute atomic E-state index is 12.4. The number of tetrazole rings is 1. The van der Waals surface area contributed by atoms with E-state index < -0.39 is 11.2 Å². The van der Waals surface area contributed by atoms with Gasteiger partial charge in [0.1, 0.15) is 0 Å². The fourth-order valence-electron chi connectivity index (χ4n) is 2.20. The van der Waals surface area contributed by atoms with E-state index >= 15 is 0 Å². The van der Waals surface area contributed by atoms with Gasteiger partial charge in [-0.1, -0.05) is 29.4 Å². The fourth-order valence-corrected chi connectivity index (χ4v) is 3.19. The molecule has 0 fully saturated rings. The average Bonchev–Trinajstić information content (AvgIpc) is 3.10. The van der Waals surface area contributed by atoms with Crippen molar-refractivity contribution in [3.8, 4) is 5.69 Å². The molecule has 0 bridgehead atoms. The van der Waals surface area contributed by atoms with Gasteiger partial charge in [0, 0.05) is 16.3 Å². The number of benzene rings is 2. The van der Waals surface area contributed by atoms with Gasteiger partial charge in [-0.2, -0.15) is 4.68 Å². The quantitative estimate of drug-likeness (QED) is 0.612. The molecule has 1 aromatic heterocycles. The van der Waals surface area contributed by atoms with E-state index in [9.17, 15) is 9.59 Å². The van der Waals surface area contributed by atoms with Crippen LogP contribution in [-0.2, 0) is 4.79 Å². The molecule has 3 N–H and O–H groups in total. The Morgan fingerprint density at radius 2 is 1.96 bits per heavy atom. The molecule has 8 nitrogen and oxygen atoms in total. The van der Waals surface area contributed by atoms with E-state index in [-0.39, 0.29) is 5.91 Å². The van der Waals surface area contributed by atoms with Gasteiger partial charge in [0.25, 0.3) is 0 Å². The molecule has 0 saturated heterocycles. The number of halogens is 1. The highest BCUT2D eigenvalue weighted by Gasteiger charge is 2.19. The summed E-state index contributed by atoms with van der Waals surface area (Å²) < 4.78 is 1.52. The van der Waals surface area contributed by atoms with Crippen LogP contribution in [0.25, 0.3) is 5.69 Å². The van der Waals surface area contributed by atoms with Crippen LogP contribution in [0.5, 0.6) is 0 Å². The second-order valence-electron chi connectivity index (χ2n) is 5.54. The van der Waals surface area contributed by atoms with Gasteiger partial charge in [0.2, 0.25) is 17.0 Å². The Labute approximate surface area is 164 Å². The van der Waals surface area contributed by atoms with Crippen LogP contribution in [0.3, 0.4) is 0 Å². The van der Waals surface area contributed by atoms with E-state index in [4.69, 9.17) is 17.3 Å². The molecule has 0 radical (unpaired) electrons. The number of nitrogens with two attached hydrogens (primary N) is 1. The summed E-state index contributed by atoms with van der Waals surface area (Å²) in [7, 11) is 0. The summed E-state index contributed by atoms with van der Waals surface area (Å²) >= 11 is 7.22. The molecule has 0 aliphatic carbocycles. The molecule has 10 heteroatoms. The van der Waals surface area contributed by atoms with Crippen molar-refractivity contribution in [2.75, 3.05) is 5.32 Å². The van der Waals surface area contributed by atoms with Crippen LogP contribution in [0.15, 0.2) is 53.7 Å². The molecule has 2 aromatic carbocycles. The van der Waals surface area contributed by atoms with E-state index in [0.29, 0.717) is 27.1 Å². The Kier molecular flexibility index (Phi) is 5.72. The number of anilines is 1. The predicted octanol–water partition coefficient (Wildman–Crippen LogP) is 2.53. The zero-order valence-corrected chi connectivity index (χ0v) is 15.7. The Hall–Kier alpha value is -2.91. The molecule has 0 aliphatic heterocycles. The first-order valence-corrected chi connectivity index (χ1v) is 9.11. The highest BCUT2D eigenvalue weighted by molar-refractivity contribution is 8.00. The third-order valence-corrected chi connectivity index (χ3v) is 4.85. The molecule has 0 spiro atoms.